The normalized spacial score (nSPS) is 13.2. The summed E-state index contributed by atoms with van der Waals surface area (Å²) in [5.74, 6) is -3.81. The molecule has 0 saturated carbocycles. The van der Waals surface area contributed by atoms with Crippen molar-refractivity contribution in [2.24, 2.45) is 5.41 Å². The highest BCUT2D eigenvalue weighted by Crippen LogP contribution is 2.31. The van der Waals surface area contributed by atoms with Crippen molar-refractivity contribution >= 4 is 17.3 Å². The Hall–Kier alpha value is -2.56. The molecule has 0 heterocycles. The molecule has 0 aliphatic rings. The second-order valence-electron chi connectivity index (χ2n) is 4.26. The number of nitriles is 1. The van der Waals surface area contributed by atoms with E-state index in [0.717, 1.165) is 6.07 Å². The van der Waals surface area contributed by atoms with Gasteiger partial charge in [0.15, 0.2) is 17.3 Å². The van der Waals surface area contributed by atoms with Gasteiger partial charge in [0.25, 0.3) is 5.69 Å². The van der Waals surface area contributed by atoms with E-state index in [1.165, 1.54) is 6.92 Å². The second kappa shape index (κ2) is 5.61. The molecule has 1 atom stereocenters. The first kappa shape index (κ1) is 15.5. The summed E-state index contributed by atoms with van der Waals surface area (Å²) >= 11 is 0. The van der Waals surface area contributed by atoms with Gasteiger partial charge in [-0.25, -0.2) is 8.78 Å². The van der Waals surface area contributed by atoms with Crippen LogP contribution >= 0.6 is 0 Å². The molecule has 0 spiro atoms. The number of hydrogen-bond donors (Lipinski definition) is 1. The van der Waals surface area contributed by atoms with Crippen LogP contribution in [0.3, 0.4) is 0 Å². The Balaban J connectivity index is 3.28. The third-order valence-electron chi connectivity index (χ3n) is 2.96. The van der Waals surface area contributed by atoms with E-state index in [2.05, 4.69) is 0 Å². The van der Waals surface area contributed by atoms with E-state index in [-0.39, 0.29) is 6.42 Å². The fourth-order valence-electron chi connectivity index (χ4n) is 1.35. The third-order valence-corrected chi connectivity index (χ3v) is 2.96. The van der Waals surface area contributed by atoms with E-state index in [1.54, 1.807) is 13.0 Å². The molecule has 0 saturated heterocycles. The number of benzene rings is 1. The Bertz CT molecular complexity index is 613. The van der Waals surface area contributed by atoms with Gasteiger partial charge in [-0.2, -0.15) is 5.26 Å². The topological polar surface area (TPSA) is 96.0 Å². The zero-order chi connectivity index (χ0) is 15.5. The van der Waals surface area contributed by atoms with Crippen LogP contribution in [0.5, 0.6) is 0 Å². The molecule has 0 aromatic heterocycles. The van der Waals surface area contributed by atoms with Gasteiger partial charge in [-0.05, 0) is 19.4 Å². The van der Waals surface area contributed by atoms with Gasteiger partial charge in [0.2, 0.25) is 5.91 Å². The molecule has 0 aliphatic heterocycles. The standard InChI is InChI=1S/C12H11F2N3O3/c1-3-12(2,6-15)11(18)16-10-8(17(19)20)5-4-7(13)9(10)14/h4-5H,3H2,1-2H3,(H,16,18). The van der Waals surface area contributed by atoms with Crippen LogP contribution in [0.25, 0.3) is 0 Å². The first-order valence-electron chi connectivity index (χ1n) is 5.62. The van der Waals surface area contributed by atoms with Crippen LogP contribution in [-0.2, 0) is 4.79 Å². The molecule has 0 radical (unpaired) electrons. The smallest absolute Gasteiger partial charge is 0.296 e. The zero-order valence-corrected chi connectivity index (χ0v) is 10.7. The Morgan fingerprint density at radius 3 is 2.60 bits per heavy atom. The van der Waals surface area contributed by atoms with Gasteiger partial charge in [-0.3, -0.25) is 14.9 Å². The van der Waals surface area contributed by atoms with E-state index in [1.807, 2.05) is 5.32 Å². The molecule has 8 heteroatoms. The second-order valence-corrected chi connectivity index (χ2v) is 4.26. The van der Waals surface area contributed by atoms with E-state index in [9.17, 15) is 23.7 Å². The van der Waals surface area contributed by atoms with E-state index in [4.69, 9.17) is 5.26 Å². The number of hydrogen-bond acceptors (Lipinski definition) is 4. The number of nitro groups is 1. The Kier molecular flexibility index (Phi) is 4.34. The number of nitrogens with zero attached hydrogens (tertiary/aromatic N) is 2. The lowest BCUT2D eigenvalue weighted by Crippen LogP contribution is -2.32. The minimum atomic E-state index is -1.54. The first-order chi connectivity index (χ1) is 9.26. The summed E-state index contributed by atoms with van der Waals surface area (Å²) in [6.45, 7) is 2.85. The number of nitro benzene ring substituents is 1. The van der Waals surface area contributed by atoms with Crippen molar-refractivity contribution in [3.8, 4) is 6.07 Å². The highest BCUT2D eigenvalue weighted by Gasteiger charge is 2.34. The summed E-state index contributed by atoms with van der Waals surface area (Å²) in [7, 11) is 0. The Morgan fingerprint density at radius 1 is 1.55 bits per heavy atom. The lowest BCUT2D eigenvalue weighted by molar-refractivity contribution is -0.384. The minimum Gasteiger partial charge on any atom is -0.316 e. The summed E-state index contributed by atoms with van der Waals surface area (Å²) < 4.78 is 26.7. The van der Waals surface area contributed by atoms with Crippen molar-refractivity contribution in [1.82, 2.24) is 0 Å². The number of nitrogens with one attached hydrogen (secondary N) is 1. The summed E-state index contributed by atoms with van der Waals surface area (Å²) in [6.07, 6.45) is 0.111. The number of carbonyl (C=O) groups excluding carboxylic acids is 1. The SMILES string of the molecule is CCC(C)(C#N)C(=O)Nc1c([N+](=O)[O-])ccc(F)c1F. The largest absolute Gasteiger partial charge is 0.316 e. The van der Waals surface area contributed by atoms with Crippen LogP contribution in [0.1, 0.15) is 20.3 Å². The molecule has 1 N–H and O–H groups in total. The van der Waals surface area contributed by atoms with Gasteiger partial charge < -0.3 is 5.32 Å². The molecular weight excluding hydrogens is 272 g/mol. The molecular formula is C12H11F2N3O3. The fraction of sp³-hybridized carbons (Fsp3) is 0.333. The summed E-state index contributed by atoms with van der Waals surface area (Å²) in [5.41, 5.74) is -3.16. The van der Waals surface area contributed by atoms with Crippen LogP contribution in [0.15, 0.2) is 12.1 Å². The van der Waals surface area contributed by atoms with Gasteiger partial charge >= 0.3 is 0 Å². The Labute approximate surface area is 113 Å². The molecule has 20 heavy (non-hydrogen) atoms. The molecule has 1 amide bonds. The molecule has 6 nitrogen and oxygen atoms in total. The average molecular weight is 283 g/mol. The van der Waals surface area contributed by atoms with Gasteiger partial charge in [-0.1, -0.05) is 6.92 Å². The molecule has 106 valence electrons. The minimum absolute atomic E-state index is 0.111. The van der Waals surface area contributed by atoms with Crippen molar-refractivity contribution in [2.75, 3.05) is 5.32 Å². The van der Waals surface area contributed by atoms with Crippen LogP contribution in [-0.4, -0.2) is 10.8 Å². The van der Waals surface area contributed by atoms with Gasteiger partial charge in [-0.15, -0.1) is 0 Å². The molecule has 1 rings (SSSR count). The number of amides is 1. The van der Waals surface area contributed by atoms with Crippen molar-refractivity contribution in [1.29, 1.82) is 5.26 Å². The zero-order valence-electron chi connectivity index (χ0n) is 10.7. The monoisotopic (exact) mass is 283 g/mol. The van der Waals surface area contributed by atoms with Gasteiger partial charge in [0.05, 0.1) is 11.0 Å². The molecule has 1 aromatic carbocycles. The first-order valence-corrected chi connectivity index (χ1v) is 5.62. The summed E-state index contributed by atoms with van der Waals surface area (Å²) in [5, 5.41) is 21.6. The predicted octanol–water partition coefficient (Wildman–Crippen LogP) is 2.75. The maximum atomic E-state index is 13.6. The summed E-state index contributed by atoms with van der Waals surface area (Å²) in [4.78, 5) is 21.7. The number of rotatable bonds is 4. The maximum absolute atomic E-state index is 13.6. The van der Waals surface area contributed by atoms with Crippen molar-refractivity contribution < 1.29 is 18.5 Å². The molecule has 1 aromatic rings. The van der Waals surface area contributed by atoms with E-state index in [0.29, 0.717) is 6.07 Å². The molecule has 0 bridgehead atoms. The van der Waals surface area contributed by atoms with Gasteiger partial charge in [0.1, 0.15) is 5.41 Å². The predicted molar refractivity (Wildman–Crippen MR) is 65.7 cm³/mol. The lowest BCUT2D eigenvalue weighted by Gasteiger charge is -2.18. The molecule has 1 unspecified atom stereocenters. The van der Waals surface area contributed by atoms with Crippen LogP contribution in [0.2, 0.25) is 0 Å². The van der Waals surface area contributed by atoms with Crippen LogP contribution in [0.4, 0.5) is 20.2 Å². The maximum Gasteiger partial charge on any atom is 0.296 e. The van der Waals surface area contributed by atoms with Crippen LogP contribution in [0, 0.1) is 38.5 Å². The lowest BCUT2D eigenvalue weighted by atomic mass is 9.88. The average Bonchev–Trinajstić information content (AvgIpc) is 2.42. The molecule has 0 fully saturated rings. The molecule has 0 aliphatic carbocycles. The number of halogens is 2. The Morgan fingerprint density at radius 2 is 2.15 bits per heavy atom. The number of anilines is 1. The fourth-order valence-corrected chi connectivity index (χ4v) is 1.35. The number of carbonyl (C=O) groups is 1. The van der Waals surface area contributed by atoms with Gasteiger partial charge in [0, 0.05) is 6.07 Å². The quantitative estimate of drug-likeness (QED) is 0.678. The van der Waals surface area contributed by atoms with Crippen molar-refractivity contribution in [3.63, 3.8) is 0 Å². The summed E-state index contributed by atoms with van der Waals surface area (Å²) in [6, 6.07) is 3.06. The van der Waals surface area contributed by atoms with Crippen molar-refractivity contribution in [2.45, 2.75) is 20.3 Å². The highest BCUT2D eigenvalue weighted by atomic mass is 19.2. The highest BCUT2D eigenvalue weighted by molar-refractivity contribution is 5.98. The van der Waals surface area contributed by atoms with E-state index >= 15 is 0 Å². The van der Waals surface area contributed by atoms with Crippen LogP contribution < -0.4 is 5.32 Å². The van der Waals surface area contributed by atoms with E-state index < -0.39 is 39.3 Å². The van der Waals surface area contributed by atoms with Crippen molar-refractivity contribution in [3.05, 3.63) is 33.9 Å². The third kappa shape index (κ3) is 2.71.